The molecule has 0 bridgehead atoms. The summed E-state index contributed by atoms with van der Waals surface area (Å²) >= 11 is 0. The summed E-state index contributed by atoms with van der Waals surface area (Å²) in [5.41, 5.74) is 0. The standard InChI is InChI=1S/C50H90NO9P/c1-6-8-10-12-14-16-17-18-19-20-21-22-23-24-25-27-29-31-36-40-49(52)56-44-46(45-58-61(54,55)57-43-42-51(3,4)5)59-50(53)41-37-33-32-35-39-48-47(60-48)38-34-30-28-26-15-13-11-9-7-2/h15,18-19,26,30,32,34-35,46-48H,6-14,16-17,20-25,27-29,31,33,36-45H2,1-5H3/p+1/b19-18-,26-15-,34-30-,35-32-/t46-,47?,48?/m1/s1. The summed E-state index contributed by atoms with van der Waals surface area (Å²) in [5.74, 6) is -0.873. The van der Waals surface area contributed by atoms with Gasteiger partial charge in [-0.3, -0.25) is 18.6 Å². The number of epoxide rings is 1. The quantitative estimate of drug-likeness (QED) is 0.0159. The average Bonchev–Trinajstić information content (AvgIpc) is 3.97. The van der Waals surface area contributed by atoms with E-state index in [2.05, 4.69) is 62.5 Å². The van der Waals surface area contributed by atoms with Crippen LogP contribution in [0.5, 0.6) is 0 Å². The number of esters is 2. The van der Waals surface area contributed by atoms with Gasteiger partial charge in [0.1, 0.15) is 19.8 Å². The predicted molar refractivity (Wildman–Crippen MR) is 251 cm³/mol. The minimum absolute atomic E-state index is 0.0171. The Morgan fingerprint density at radius 1 is 0.590 bits per heavy atom. The summed E-state index contributed by atoms with van der Waals surface area (Å²) in [4.78, 5) is 35.5. The molecule has 0 spiro atoms. The third kappa shape index (κ3) is 39.3. The molecule has 0 saturated carbocycles. The van der Waals surface area contributed by atoms with Crippen molar-refractivity contribution in [3.05, 3.63) is 48.6 Å². The second kappa shape index (κ2) is 38.4. The highest BCUT2D eigenvalue weighted by molar-refractivity contribution is 7.47. The summed E-state index contributed by atoms with van der Waals surface area (Å²) in [6, 6.07) is 0. The SMILES string of the molecule is CCCCC/C=C\C/C=C\CC1OC1C/C=C\CCCC(=O)O[C@H](COC(=O)CCCCCCCCCCC/C=C\CCCCCCCC)COP(=O)(O)OCC[N+](C)(C)C. The summed E-state index contributed by atoms with van der Waals surface area (Å²) in [6.45, 7) is 4.32. The molecule has 1 aliphatic heterocycles. The van der Waals surface area contributed by atoms with Crippen molar-refractivity contribution in [1.29, 1.82) is 0 Å². The van der Waals surface area contributed by atoms with E-state index < -0.39 is 26.5 Å². The number of likely N-dealkylation sites (N-methyl/N-ethyl adjacent to an activating group) is 1. The molecule has 1 saturated heterocycles. The molecule has 1 aliphatic rings. The van der Waals surface area contributed by atoms with Gasteiger partial charge in [0.25, 0.3) is 0 Å². The van der Waals surface area contributed by atoms with Gasteiger partial charge in [-0.25, -0.2) is 4.57 Å². The van der Waals surface area contributed by atoms with Crippen molar-refractivity contribution in [2.24, 2.45) is 0 Å². The molecule has 3 unspecified atom stereocenters. The lowest BCUT2D eigenvalue weighted by molar-refractivity contribution is -0.870. The largest absolute Gasteiger partial charge is 0.472 e. The Kier molecular flexibility index (Phi) is 35.8. The number of phosphoric acid groups is 1. The van der Waals surface area contributed by atoms with Gasteiger partial charge in [0.2, 0.25) is 0 Å². The number of carbonyl (C=O) groups excluding carboxylic acids is 2. The number of hydrogen-bond acceptors (Lipinski definition) is 8. The molecule has 11 heteroatoms. The Morgan fingerprint density at radius 2 is 1.05 bits per heavy atom. The fourth-order valence-electron chi connectivity index (χ4n) is 6.75. The minimum atomic E-state index is -4.40. The number of unbranched alkanes of at least 4 members (excludes halogenated alkanes) is 19. The molecule has 1 heterocycles. The van der Waals surface area contributed by atoms with Crippen LogP contribution in [0.1, 0.15) is 194 Å². The zero-order valence-electron chi connectivity index (χ0n) is 39.6. The molecule has 0 aromatic carbocycles. The Bertz CT molecular complexity index is 1240. The molecule has 0 aromatic rings. The maximum absolute atomic E-state index is 12.7. The third-order valence-corrected chi connectivity index (χ3v) is 11.7. The first-order chi connectivity index (χ1) is 29.5. The molecule has 10 nitrogen and oxygen atoms in total. The number of nitrogens with zero attached hydrogens (tertiary/aromatic N) is 1. The van der Waals surface area contributed by atoms with Crippen LogP contribution in [0.15, 0.2) is 48.6 Å². The number of ether oxygens (including phenoxy) is 3. The van der Waals surface area contributed by atoms with E-state index in [1.165, 1.54) is 109 Å². The fourth-order valence-corrected chi connectivity index (χ4v) is 7.49. The predicted octanol–water partition coefficient (Wildman–Crippen LogP) is 13.2. The minimum Gasteiger partial charge on any atom is -0.462 e. The van der Waals surface area contributed by atoms with Gasteiger partial charge in [0.05, 0.1) is 40.0 Å². The van der Waals surface area contributed by atoms with Gasteiger partial charge in [-0.1, -0.05) is 152 Å². The molecule has 0 amide bonds. The highest BCUT2D eigenvalue weighted by atomic mass is 31.2. The van der Waals surface area contributed by atoms with Crippen LogP contribution < -0.4 is 0 Å². The summed E-state index contributed by atoms with van der Waals surface area (Å²) < 4.78 is 40.2. The molecule has 0 aromatic heterocycles. The number of phosphoric ester groups is 1. The van der Waals surface area contributed by atoms with Crippen LogP contribution in [0.25, 0.3) is 0 Å². The van der Waals surface area contributed by atoms with Crippen LogP contribution in [0.3, 0.4) is 0 Å². The summed E-state index contributed by atoms with van der Waals surface area (Å²) in [5, 5.41) is 0. The van der Waals surface area contributed by atoms with Crippen molar-refractivity contribution in [3.8, 4) is 0 Å². The summed E-state index contributed by atoms with van der Waals surface area (Å²) in [6.07, 6.45) is 47.6. The first kappa shape index (κ1) is 56.9. The number of carbonyl (C=O) groups is 2. The van der Waals surface area contributed by atoms with Crippen molar-refractivity contribution in [3.63, 3.8) is 0 Å². The highest BCUT2D eigenvalue weighted by Gasteiger charge is 2.36. The molecule has 0 radical (unpaired) electrons. The van der Waals surface area contributed by atoms with Crippen molar-refractivity contribution >= 4 is 19.8 Å². The maximum atomic E-state index is 12.7. The van der Waals surface area contributed by atoms with E-state index in [4.69, 9.17) is 23.3 Å². The van der Waals surface area contributed by atoms with Crippen molar-refractivity contribution in [2.45, 2.75) is 212 Å². The lowest BCUT2D eigenvalue weighted by Crippen LogP contribution is -2.37. The highest BCUT2D eigenvalue weighted by Crippen LogP contribution is 2.43. The van der Waals surface area contributed by atoms with Crippen molar-refractivity contribution in [2.75, 3.05) is 47.5 Å². The Balaban J connectivity index is 2.28. The van der Waals surface area contributed by atoms with Gasteiger partial charge in [-0.05, 0) is 77.0 Å². The van der Waals surface area contributed by atoms with Gasteiger partial charge in [0, 0.05) is 12.8 Å². The fraction of sp³-hybridized carbons (Fsp3) is 0.800. The van der Waals surface area contributed by atoms with Crippen LogP contribution in [0, 0.1) is 0 Å². The Morgan fingerprint density at radius 3 is 1.66 bits per heavy atom. The van der Waals surface area contributed by atoms with Crippen LogP contribution in [0.2, 0.25) is 0 Å². The van der Waals surface area contributed by atoms with Gasteiger partial charge in [0.15, 0.2) is 6.10 Å². The lowest BCUT2D eigenvalue weighted by atomic mass is 10.1. The van der Waals surface area contributed by atoms with E-state index in [1.54, 1.807) is 0 Å². The van der Waals surface area contributed by atoms with E-state index in [-0.39, 0.29) is 44.2 Å². The zero-order valence-corrected chi connectivity index (χ0v) is 40.5. The van der Waals surface area contributed by atoms with Gasteiger partial charge in [-0.2, -0.15) is 0 Å². The lowest BCUT2D eigenvalue weighted by Gasteiger charge is -2.24. The topological polar surface area (TPSA) is 121 Å². The van der Waals surface area contributed by atoms with E-state index in [9.17, 15) is 19.0 Å². The van der Waals surface area contributed by atoms with Crippen LogP contribution in [-0.4, -0.2) is 87.1 Å². The molecule has 354 valence electrons. The Hall–Kier alpha value is -2.07. The average molecular weight is 881 g/mol. The number of rotatable bonds is 43. The number of hydrogen-bond donors (Lipinski definition) is 1. The van der Waals surface area contributed by atoms with Crippen LogP contribution in [0.4, 0.5) is 0 Å². The summed E-state index contributed by atoms with van der Waals surface area (Å²) in [7, 11) is 1.43. The monoisotopic (exact) mass is 881 g/mol. The first-order valence-corrected chi connectivity index (χ1v) is 26.0. The van der Waals surface area contributed by atoms with Gasteiger partial charge < -0.3 is 23.6 Å². The second-order valence-electron chi connectivity index (χ2n) is 17.9. The first-order valence-electron chi connectivity index (χ1n) is 24.5. The van der Waals surface area contributed by atoms with Gasteiger partial charge in [-0.15, -0.1) is 0 Å². The zero-order chi connectivity index (χ0) is 44.7. The molecule has 1 N–H and O–H groups in total. The smallest absolute Gasteiger partial charge is 0.462 e. The number of quaternary nitrogens is 1. The van der Waals surface area contributed by atoms with Crippen LogP contribution in [-0.2, 0) is 37.4 Å². The molecule has 4 atom stereocenters. The molecule has 1 fully saturated rings. The van der Waals surface area contributed by atoms with E-state index in [0.717, 1.165) is 44.9 Å². The molecular formula is C50H91NO9P+. The van der Waals surface area contributed by atoms with Crippen molar-refractivity contribution in [1.82, 2.24) is 0 Å². The molecular weight excluding hydrogens is 790 g/mol. The Labute approximate surface area is 373 Å². The number of allylic oxidation sites excluding steroid dienone is 6. The molecule has 1 rings (SSSR count). The van der Waals surface area contributed by atoms with E-state index >= 15 is 0 Å². The van der Waals surface area contributed by atoms with Gasteiger partial charge >= 0.3 is 19.8 Å². The molecule has 0 aliphatic carbocycles. The maximum Gasteiger partial charge on any atom is 0.472 e. The molecule has 61 heavy (non-hydrogen) atoms. The van der Waals surface area contributed by atoms with E-state index in [0.29, 0.717) is 23.9 Å². The van der Waals surface area contributed by atoms with Crippen LogP contribution >= 0.6 is 7.82 Å². The second-order valence-corrected chi connectivity index (χ2v) is 19.3. The third-order valence-electron chi connectivity index (χ3n) is 10.7. The normalized spacial score (nSPS) is 17.2. The van der Waals surface area contributed by atoms with Crippen molar-refractivity contribution < 1.29 is 46.8 Å². The van der Waals surface area contributed by atoms with E-state index in [1.807, 2.05) is 21.1 Å².